The van der Waals surface area contributed by atoms with E-state index in [4.69, 9.17) is 4.42 Å². The molecule has 0 radical (unpaired) electrons. The van der Waals surface area contributed by atoms with Gasteiger partial charge in [-0.2, -0.15) is 0 Å². The minimum atomic E-state index is -0.637. The van der Waals surface area contributed by atoms with Crippen LogP contribution < -0.4 is 0 Å². The van der Waals surface area contributed by atoms with Crippen molar-refractivity contribution < 1.29 is 18.0 Å². The van der Waals surface area contributed by atoms with E-state index in [1.54, 1.807) is 15.5 Å². The molecule has 2 aromatic carbocycles. The molecule has 0 spiro atoms. The molecule has 1 aliphatic heterocycles. The molecule has 152 valence electrons. The zero-order chi connectivity index (χ0) is 20.8. The van der Waals surface area contributed by atoms with Crippen molar-refractivity contribution in [1.29, 1.82) is 0 Å². The van der Waals surface area contributed by atoms with Crippen molar-refractivity contribution in [1.82, 2.24) is 9.47 Å². The van der Waals surface area contributed by atoms with Crippen molar-refractivity contribution in [3.8, 4) is 0 Å². The van der Waals surface area contributed by atoms with Gasteiger partial charge in [0.05, 0.1) is 12.1 Å². The van der Waals surface area contributed by atoms with Gasteiger partial charge in [0.15, 0.2) is 5.58 Å². The van der Waals surface area contributed by atoms with Gasteiger partial charge in [0.25, 0.3) is 5.91 Å². The molecule has 0 saturated carbocycles. The topological polar surface area (TPSA) is 38.4 Å². The lowest BCUT2D eigenvalue weighted by molar-refractivity contribution is 0.0724. The predicted octanol–water partition coefficient (Wildman–Crippen LogP) is 5.07. The Morgan fingerprint density at radius 2 is 1.87 bits per heavy atom. The van der Waals surface area contributed by atoms with Crippen molar-refractivity contribution in [3.63, 3.8) is 0 Å². The van der Waals surface area contributed by atoms with E-state index >= 15 is 0 Å². The van der Waals surface area contributed by atoms with Gasteiger partial charge in [-0.25, -0.2) is 8.78 Å². The number of nitrogens with zero attached hydrogens (tertiary/aromatic N) is 2. The molecule has 5 rings (SSSR count). The quantitative estimate of drug-likeness (QED) is 0.477. The van der Waals surface area contributed by atoms with Gasteiger partial charge in [0, 0.05) is 36.9 Å². The lowest BCUT2D eigenvalue weighted by Gasteiger charge is -2.29. The summed E-state index contributed by atoms with van der Waals surface area (Å²) in [6.07, 6.45) is 0.796. The third-order valence-corrected chi connectivity index (χ3v) is 5.69. The Kier molecular flexibility index (Phi) is 4.42. The van der Waals surface area contributed by atoms with Crippen molar-refractivity contribution >= 4 is 17.0 Å². The smallest absolute Gasteiger partial charge is 0.270 e. The minimum absolute atomic E-state index is 0.111. The van der Waals surface area contributed by atoms with Crippen molar-refractivity contribution in [2.24, 2.45) is 0 Å². The molecule has 0 atom stereocenters. The summed E-state index contributed by atoms with van der Waals surface area (Å²) in [5, 5.41) is 0. The van der Waals surface area contributed by atoms with Gasteiger partial charge in [-0.05, 0) is 30.5 Å². The number of aryl methyl sites for hydroxylation is 1. The monoisotopic (exact) mass is 406 g/mol. The van der Waals surface area contributed by atoms with Gasteiger partial charge < -0.3 is 13.9 Å². The van der Waals surface area contributed by atoms with Crippen LogP contribution in [0.2, 0.25) is 0 Å². The van der Waals surface area contributed by atoms with E-state index in [0.717, 1.165) is 23.6 Å². The van der Waals surface area contributed by atoms with Gasteiger partial charge in [0.1, 0.15) is 23.1 Å². The molecule has 0 N–H and O–H groups in total. The van der Waals surface area contributed by atoms with Crippen molar-refractivity contribution in [2.75, 3.05) is 6.54 Å². The van der Waals surface area contributed by atoms with E-state index in [-0.39, 0.29) is 12.5 Å². The van der Waals surface area contributed by atoms with Crippen LogP contribution in [0, 0.1) is 18.6 Å². The minimum Gasteiger partial charge on any atom is -0.460 e. The maximum absolute atomic E-state index is 14.3. The first-order valence-electron chi connectivity index (χ1n) is 9.89. The molecule has 0 fully saturated rings. The molecule has 4 nitrogen and oxygen atoms in total. The maximum Gasteiger partial charge on any atom is 0.270 e. The van der Waals surface area contributed by atoms with Crippen LogP contribution in [0.5, 0.6) is 0 Å². The molecule has 0 unspecified atom stereocenters. The highest BCUT2D eigenvalue weighted by Gasteiger charge is 2.26. The third kappa shape index (κ3) is 3.18. The third-order valence-electron chi connectivity index (χ3n) is 5.69. The number of carbonyl (C=O) groups is 1. The van der Waals surface area contributed by atoms with Gasteiger partial charge in [0.2, 0.25) is 0 Å². The molecule has 30 heavy (non-hydrogen) atoms. The number of amides is 1. The molecule has 0 bridgehead atoms. The lowest BCUT2D eigenvalue weighted by atomic mass is 10.00. The normalized spacial score (nSPS) is 13.6. The molecule has 1 amide bonds. The maximum atomic E-state index is 14.3. The first-order valence-corrected chi connectivity index (χ1v) is 9.89. The first kappa shape index (κ1) is 18.6. The summed E-state index contributed by atoms with van der Waals surface area (Å²) in [5.74, 6) is -0.686. The van der Waals surface area contributed by atoms with Gasteiger partial charge in [-0.3, -0.25) is 4.79 Å². The fourth-order valence-electron chi connectivity index (χ4n) is 4.16. The predicted molar refractivity (Wildman–Crippen MR) is 109 cm³/mol. The molecule has 3 heterocycles. The summed E-state index contributed by atoms with van der Waals surface area (Å²) >= 11 is 0. The van der Waals surface area contributed by atoms with Crippen molar-refractivity contribution in [2.45, 2.75) is 26.4 Å². The fraction of sp³-hybridized carbons (Fsp3) is 0.208. The average molecular weight is 406 g/mol. The average Bonchev–Trinajstić information content (AvgIpc) is 3.25. The summed E-state index contributed by atoms with van der Waals surface area (Å²) in [6, 6.07) is 15.2. The van der Waals surface area contributed by atoms with Crippen LogP contribution >= 0.6 is 0 Å². The number of fused-ring (bicyclic) bond motifs is 2. The summed E-state index contributed by atoms with van der Waals surface area (Å²) in [5.41, 5.74) is 4.44. The van der Waals surface area contributed by atoms with Crippen LogP contribution in [-0.4, -0.2) is 21.9 Å². The van der Waals surface area contributed by atoms with E-state index in [9.17, 15) is 13.6 Å². The number of aromatic nitrogens is 1. The molecule has 6 heteroatoms. The molecule has 4 aromatic rings. The number of benzene rings is 2. The zero-order valence-electron chi connectivity index (χ0n) is 16.5. The number of hydrogen-bond donors (Lipinski definition) is 0. The van der Waals surface area contributed by atoms with E-state index in [2.05, 4.69) is 6.07 Å². The Hall–Kier alpha value is -3.41. The summed E-state index contributed by atoms with van der Waals surface area (Å²) in [4.78, 5) is 15.2. The fourth-order valence-corrected chi connectivity index (χ4v) is 4.16. The Labute approximate surface area is 172 Å². The second kappa shape index (κ2) is 7.13. The number of halogens is 2. The number of rotatable bonds is 3. The van der Waals surface area contributed by atoms with E-state index in [0.29, 0.717) is 35.7 Å². The number of hydrogen-bond acceptors (Lipinski definition) is 2. The summed E-state index contributed by atoms with van der Waals surface area (Å²) in [6.45, 7) is 3.09. The van der Waals surface area contributed by atoms with E-state index < -0.39 is 11.6 Å². The lowest BCUT2D eigenvalue weighted by Crippen LogP contribution is -2.37. The van der Waals surface area contributed by atoms with E-state index in [1.807, 2.05) is 31.2 Å². The summed E-state index contributed by atoms with van der Waals surface area (Å²) < 4.78 is 35.1. The van der Waals surface area contributed by atoms with Crippen molar-refractivity contribution in [3.05, 3.63) is 94.4 Å². The largest absolute Gasteiger partial charge is 0.460 e. The molecular weight excluding hydrogens is 386 g/mol. The molecule has 0 aliphatic carbocycles. The molecule has 0 saturated heterocycles. The van der Waals surface area contributed by atoms with Crippen LogP contribution in [-0.2, 0) is 19.5 Å². The van der Waals surface area contributed by atoms with Gasteiger partial charge in [-0.15, -0.1) is 0 Å². The Bertz CT molecular complexity index is 1270. The second-order valence-corrected chi connectivity index (χ2v) is 7.70. The van der Waals surface area contributed by atoms with Crippen LogP contribution in [0.15, 0.2) is 59.0 Å². The highest BCUT2D eigenvalue weighted by Crippen LogP contribution is 2.28. The van der Waals surface area contributed by atoms with Crippen LogP contribution in [0.1, 0.15) is 32.9 Å². The SMILES string of the molecule is Cc1cc2c(cc(C(=O)N3CCc4ccccc4C3)n2Cc2ccc(F)cc2F)o1. The van der Waals surface area contributed by atoms with Gasteiger partial charge in [-0.1, -0.05) is 30.3 Å². The summed E-state index contributed by atoms with van der Waals surface area (Å²) in [7, 11) is 0. The zero-order valence-corrected chi connectivity index (χ0v) is 16.5. The highest BCUT2D eigenvalue weighted by molar-refractivity contribution is 5.97. The van der Waals surface area contributed by atoms with Crippen LogP contribution in [0.3, 0.4) is 0 Å². The Morgan fingerprint density at radius 1 is 1.07 bits per heavy atom. The highest BCUT2D eigenvalue weighted by atomic mass is 19.1. The molecular formula is C24H20F2N2O2. The molecule has 1 aliphatic rings. The Balaban J connectivity index is 1.53. The van der Waals surface area contributed by atoms with E-state index in [1.165, 1.54) is 17.7 Å². The van der Waals surface area contributed by atoms with Crippen LogP contribution in [0.25, 0.3) is 11.1 Å². The van der Waals surface area contributed by atoms with Gasteiger partial charge >= 0.3 is 0 Å². The second-order valence-electron chi connectivity index (χ2n) is 7.70. The van der Waals surface area contributed by atoms with Crippen LogP contribution in [0.4, 0.5) is 8.78 Å². The first-order chi connectivity index (χ1) is 14.5. The Morgan fingerprint density at radius 3 is 2.67 bits per heavy atom. The molecule has 2 aromatic heterocycles. The standard InChI is InChI=1S/C24H20F2N2O2/c1-15-10-21-23(30-15)12-22(28(21)14-18-6-7-19(25)11-20(18)26)24(29)27-9-8-16-4-2-3-5-17(16)13-27/h2-7,10-12H,8-9,13-14H2,1H3. The number of furan rings is 1. The number of carbonyl (C=O) groups excluding carboxylic acids is 1.